The topological polar surface area (TPSA) is 67.4 Å². The monoisotopic (exact) mass is 382 g/mol. The highest BCUT2D eigenvalue weighted by Crippen LogP contribution is 2.38. The minimum Gasteiger partial charge on any atom is -0.486 e. The molecule has 0 spiro atoms. The Bertz CT molecular complexity index is 621. The molecule has 2 aliphatic heterocycles. The molecule has 0 unspecified atom stereocenters. The van der Waals surface area contributed by atoms with Gasteiger partial charge in [0.25, 0.3) is 0 Å². The Balaban J connectivity index is 1.55. The van der Waals surface area contributed by atoms with Gasteiger partial charge >= 0.3 is 0 Å². The lowest BCUT2D eigenvalue weighted by Crippen LogP contribution is -2.44. The van der Waals surface area contributed by atoms with Crippen molar-refractivity contribution < 1.29 is 14.2 Å². The third kappa shape index (κ3) is 5.40. The number of aliphatic imine (C=N–C) groups is 1. The Morgan fingerprint density at radius 3 is 2.77 bits per heavy atom. The smallest absolute Gasteiger partial charge is 0.191 e. The van der Waals surface area contributed by atoms with Gasteiger partial charge in [-0.2, -0.15) is 0 Å². The quantitative estimate of drug-likeness (QED) is 0.574. The maximum absolute atomic E-state index is 6.29. The fourth-order valence-corrected chi connectivity index (χ4v) is 3.21. The highest BCUT2D eigenvalue weighted by Gasteiger charge is 2.16. The first-order valence-corrected chi connectivity index (χ1v) is 9.54. The normalized spacial score (nSPS) is 17.8. The van der Waals surface area contributed by atoms with Gasteiger partial charge in [0.15, 0.2) is 17.5 Å². The lowest BCUT2D eigenvalue weighted by Gasteiger charge is -2.26. The van der Waals surface area contributed by atoms with Crippen molar-refractivity contribution in [3.05, 3.63) is 22.7 Å². The van der Waals surface area contributed by atoms with Gasteiger partial charge in [0.1, 0.15) is 13.2 Å². The minimum absolute atomic E-state index is 0.517. The zero-order chi connectivity index (χ0) is 18.2. The van der Waals surface area contributed by atoms with Crippen molar-refractivity contribution in [2.45, 2.75) is 13.5 Å². The maximum atomic E-state index is 6.29. The van der Waals surface area contributed by atoms with Gasteiger partial charge in [-0.1, -0.05) is 11.6 Å². The number of ether oxygens (including phenoxy) is 3. The van der Waals surface area contributed by atoms with Crippen LogP contribution in [0, 0.1) is 0 Å². The van der Waals surface area contributed by atoms with Crippen molar-refractivity contribution in [1.82, 2.24) is 15.5 Å². The molecule has 2 N–H and O–H groups in total. The molecule has 2 aliphatic rings. The summed E-state index contributed by atoms with van der Waals surface area (Å²) in [6.45, 7) is 9.89. The van der Waals surface area contributed by atoms with Crippen LogP contribution in [0.25, 0.3) is 0 Å². The molecule has 0 atom stereocenters. The first-order chi connectivity index (χ1) is 12.8. The second kappa shape index (κ2) is 9.85. The lowest BCUT2D eigenvalue weighted by atomic mass is 10.2. The van der Waals surface area contributed by atoms with Crippen molar-refractivity contribution in [3.8, 4) is 11.5 Å². The molecule has 1 aromatic rings. The fraction of sp³-hybridized carbons (Fsp3) is 0.611. The Kier molecular flexibility index (Phi) is 7.22. The molecule has 1 fully saturated rings. The number of rotatable bonds is 6. The highest BCUT2D eigenvalue weighted by atomic mass is 35.5. The third-order valence-corrected chi connectivity index (χ3v) is 4.53. The molecule has 0 aliphatic carbocycles. The van der Waals surface area contributed by atoms with E-state index in [0.717, 1.165) is 57.5 Å². The van der Waals surface area contributed by atoms with E-state index in [0.29, 0.717) is 36.3 Å². The molecule has 1 saturated heterocycles. The van der Waals surface area contributed by atoms with E-state index in [2.05, 4.69) is 27.4 Å². The van der Waals surface area contributed by atoms with Crippen LogP contribution in [-0.2, 0) is 11.3 Å². The third-order valence-electron chi connectivity index (χ3n) is 4.24. The summed E-state index contributed by atoms with van der Waals surface area (Å²) >= 11 is 6.29. The van der Waals surface area contributed by atoms with Crippen LogP contribution < -0.4 is 20.1 Å². The molecule has 0 amide bonds. The molecule has 0 bridgehead atoms. The van der Waals surface area contributed by atoms with Gasteiger partial charge in [-0.05, 0) is 24.6 Å². The van der Waals surface area contributed by atoms with E-state index in [1.54, 1.807) is 0 Å². The van der Waals surface area contributed by atoms with Crippen molar-refractivity contribution in [3.63, 3.8) is 0 Å². The van der Waals surface area contributed by atoms with Crippen LogP contribution in [0.15, 0.2) is 17.1 Å². The van der Waals surface area contributed by atoms with Crippen molar-refractivity contribution in [1.29, 1.82) is 0 Å². The molecule has 0 radical (unpaired) electrons. The molecule has 3 rings (SSSR count). The first kappa shape index (κ1) is 19.1. The van der Waals surface area contributed by atoms with E-state index in [9.17, 15) is 0 Å². The van der Waals surface area contributed by atoms with Crippen LogP contribution in [0.3, 0.4) is 0 Å². The van der Waals surface area contributed by atoms with Crippen LogP contribution in [0.1, 0.15) is 12.5 Å². The number of nitrogens with zero attached hydrogens (tertiary/aromatic N) is 2. The summed E-state index contributed by atoms with van der Waals surface area (Å²) in [6.07, 6.45) is 0. The average Bonchev–Trinajstić information content (AvgIpc) is 2.67. The van der Waals surface area contributed by atoms with Gasteiger partial charge in [0.2, 0.25) is 0 Å². The van der Waals surface area contributed by atoms with Crippen molar-refractivity contribution in [2.24, 2.45) is 4.99 Å². The summed E-state index contributed by atoms with van der Waals surface area (Å²) in [7, 11) is 0. The van der Waals surface area contributed by atoms with Gasteiger partial charge in [-0.25, -0.2) is 4.99 Å². The van der Waals surface area contributed by atoms with E-state index < -0.39 is 0 Å². The average molecular weight is 383 g/mol. The van der Waals surface area contributed by atoms with Crippen LogP contribution in [0.2, 0.25) is 5.02 Å². The molecular formula is C18H27ClN4O3. The second-order valence-corrected chi connectivity index (χ2v) is 6.58. The number of halogens is 1. The van der Waals surface area contributed by atoms with Crippen LogP contribution in [-0.4, -0.2) is 70.0 Å². The molecule has 144 valence electrons. The lowest BCUT2D eigenvalue weighted by molar-refractivity contribution is 0.0389. The molecule has 0 aromatic heterocycles. The van der Waals surface area contributed by atoms with Gasteiger partial charge < -0.3 is 24.8 Å². The Morgan fingerprint density at radius 1 is 1.15 bits per heavy atom. The number of benzene rings is 1. The van der Waals surface area contributed by atoms with E-state index in [4.69, 9.17) is 25.8 Å². The summed E-state index contributed by atoms with van der Waals surface area (Å²) < 4.78 is 16.6. The highest BCUT2D eigenvalue weighted by molar-refractivity contribution is 6.32. The van der Waals surface area contributed by atoms with Crippen LogP contribution in [0.5, 0.6) is 11.5 Å². The number of hydrogen-bond acceptors (Lipinski definition) is 5. The molecule has 2 heterocycles. The zero-order valence-electron chi connectivity index (χ0n) is 15.2. The van der Waals surface area contributed by atoms with Gasteiger partial charge in [0, 0.05) is 32.7 Å². The van der Waals surface area contributed by atoms with E-state index in [1.807, 2.05) is 12.1 Å². The van der Waals surface area contributed by atoms with Crippen LogP contribution in [0.4, 0.5) is 0 Å². The predicted octanol–water partition coefficient (Wildman–Crippen LogP) is 1.50. The summed E-state index contributed by atoms with van der Waals surface area (Å²) in [5.41, 5.74) is 0.990. The molecule has 0 saturated carbocycles. The zero-order valence-corrected chi connectivity index (χ0v) is 16.0. The number of guanidine groups is 1. The summed E-state index contributed by atoms with van der Waals surface area (Å²) in [4.78, 5) is 7.04. The van der Waals surface area contributed by atoms with Crippen molar-refractivity contribution in [2.75, 3.05) is 59.2 Å². The summed E-state index contributed by atoms with van der Waals surface area (Å²) in [5.74, 6) is 2.12. The Hall–Kier alpha value is -1.70. The Morgan fingerprint density at radius 2 is 1.96 bits per heavy atom. The van der Waals surface area contributed by atoms with Crippen molar-refractivity contribution >= 4 is 17.6 Å². The number of nitrogens with one attached hydrogen (secondary N) is 2. The summed E-state index contributed by atoms with van der Waals surface area (Å²) in [6, 6.07) is 3.83. The van der Waals surface area contributed by atoms with Gasteiger partial charge in [0.05, 0.1) is 24.8 Å². The largest absolute Gasteiger partial charge is 0.486 e. The fourth-order valence-electron chi connectivity index (χ4n) is 2.92. The number of hydrogen-bond donors (Lipinski definition) is 2. The maximum Gasteiger partial charge on any atom is 0.191 e. The SMILES string of the molecule is CCNC(=NCc1cc(Cl)c2c(c1)OCCO2)NCCN1CCOCC1. The Labute approximate surface area is 159 Å². The van der Waals surface area contributed by atoms with Gasteiger partial charge in [-0.3, -0.25) is 4.90 Å². The molecule has 26 heavy (non-hydrogen) atoms. The van der Waals surface area contributed by atoms with E-state index in [-0.39, 0.29) is 0 Å². The standard InChI is InChI=1S/C18H27ClN4O3/c1-2-20-18(21-3-4-23-5-7-24-8-6-23)22-13-14-11-15(19)17-16(12-14)25-9-10-26-17/h11-12H,2-10,13H2,1H3,(H2,20,21,22). The minimum atomic E-state index is 0.517. The van der Waals surface area contributed by atoms with E-state index in [1.165, 1.54) is 0 Å². The van der Waals surface area contributed by atoms with Crippen LogP contribution >= 0.6 is 11.6 Å². The molecular weight excluding hydrogens is 356 g/mol. The molecule has 7 nitrogen and oxygen atoms in total. The number of morpholine rings is 1. The van der Waals surface area contributed by atoms with E-state index >= 15 is 0 Å². The predicted molar refractivity (Wildman–Crippen MR) is 103 cm³/mol. The van der Waals surface area contributed by atoms with Gasteiger partial charge in [-0.15, -0.1) is 0 Å². The summed E-state index contributed by atoms with van der Waals surface area (Å²) in [5, 5.41) is 7.22. The second-order valence-electron chi connectivity index (χ2n) is 6.18. The number of fused-ring (bicyclic) bond motifs is 1. The molecule has 8 heteroatoms. The first-order valence-electron chi connectivity index (χ1n) is 9.16. The molecule has 1 aromatic carbocycles.